The Hall–Kier alpha value is -0.610. The van der Waals surface area contributed by atoms with Crippen molar-refractivity contribution in [3.63, 3.8) is 0 Å². The first-order valence-corrected chi connectivity index (χ1v) is 8.31. The molecule has 0 aliphatic heterocycles. The van der Waals surface area contributed by atoms with Crippen LogP contribution in [0.25, 0.3) is 0 Å². The van der Waals surface area contributed by atoms with E-state index in [1.165, 1.54) is 31.7 Å². The molecule has 1 aromatic rings. The summed E-state index contributed by atoms with van der Waals surface area (Å²) in [6, 6.07) is 5.07. The third-order valence-corrected chi connectivity index (χ3v) is 5.09. The highest BCUT2D eigenvalue weighted by Crippen LogP contribution is 2.36. The van der Waals surface area contributed by atoms with Gasteiger partial charge in [0.05, 0.1) is 4.47 Å². The Labute approximate surface area is 129 Å². The van der Waals surface area contributed by atoms with Gasteiger partial charge in [-0.1, -0.05) is 19.8 Å². The van der Waals surface area contributed by atoms with E-state index in [9.17, 15) is 4.39 Å². The molecule has 112 valence electrons. The summed E-state index contributed by atoms with van der Waals surface area (Å²) in [5.41, 5.74) is 6.94. The summed E-state index contributed by atoms with van der Waals surface area (Å²) in [4.78, 5) is 0. The fraction of sp³-hybridized carbons (Fsp3) is 0.625. The van der Waals surface area contributed by atoms with Crippen molar-refractivity contribution in [1.29, 1.82) is 0 Å². The lowest BCUT2D eigenvalue weighted by atomic mass is 9.75. The number of rotatable bonds is 5. The molecule has 0 heterocycles. The van der Waals surface area contributed by atoms with Crippen LogP contribution in [-0.2, 0) is 0 Å². The first-order chi connectivity index (χ1) is 9.58. The summed E-state index contributed by atoms with van der Waals surface area (Å²) in [6.07, 6.45) is 7.26. The van der Waals surface area contributed by atoms with Gasteiger partial charge in [0, 0.05) is 17.8 Å². The number of halogens is 2. The fourth-order valence-corrected chi connectivity index (χ4v) is 3.57. The van der Waals surface area contributed by atoms with E-state index in [2.05, 4.69) is 28.2 Å². The lowest BCUT2D eigenvalue weighted by molar-refractivity contribution is 0.247. The van der Waals surface area contributed by atoms with Gasteiger partial charge in [-0.3, -0.25) is 0 Å². The second-order valence-corrected chi connectivity index (χ2v) is 6.82. The average Bonchev–Trinajstić information content (AvgIpc) is 2.46. The predicted octanol–water partition coefficient (Wildman–Crippen LogP) is 4.69. The average molecular weight is 343 g/mol. The van der Waals surface area contributed by atoms with Crippen LogP contribution in [0.3, 0.4) is 0 Å². The van der Waals surface area contributed by atoms with Crippen molar-refractivity contribution in [3.05, 3.63) is 28.5 Å². The predicted molar refractivity (Wildman–Crippen MR) is 86.4 cm³/mol. The number of hydrogen-bond donors (Lipinski definition) is 2. The molecule has 20 heavy (non-hydrogen) atoms. The number of benzene rings is 1. The number of nitrogens with one attached hydrogen (secondary N) is 1. The number of anilines is 1. The van der Waals surface area contributed by atoms with E-state index in [1.807, 2.05) is 0 Å². The third kappa shape index (κ3) is 3.73. The number of hydrogen-bond acceptors (Lipinski definition) is 2. The van der Waals surface area contributed by atoms with Gasteiger partial charge < -0.3 is 11.1 Å². The first kappa shape index (κ1) is 15.8. The highest BCUT2D eigenvalue weighted by molar-refractivity contribution is 9.10. The van der Waals surface area contributed by atoms with Crippen LogP contribution in [0.2, 0.25) is 0 Å². The molecule has 0 unspecified atom stereocenters. The molecule has 0 bridgehead atoms. The number of nitrogens with two attached hydrogens (primary N) is 1. The molecule has 2 nitrogen and oxygen atoms in total. The van der Waals surface area contributed by atoms with Gasteiger partial charge in [-0.2, -0.15) is 0 Å². The molecule has 1 saturated carbocycles. The molecule has 1 fully saturated rings. The van der Waals surface area contributed by atoms with Crippen LogP contribution < -0.4 is 11.1 Å². The van der Waals surface area contributed by atoms with E-state index in [1.54, 1.807) is 12.1 Å². The van der Waals surface area contributed by atoms with E-state index >= 15 is 0 Å². The van der Waals surface area contributed by atoms with Crippen molar-refractivity contribution in [3.8, 4) is 0 Å². The summed E-state index contributed by atoms with van der Waals surface area (Å²) in [7, 11) is 0. The molecular weight excluding hydrogens is 319 g/mol. The van der Waals surface area contributed by atoms with Gasteiger partial charge in [0.15, 0.2) is 0 Å². The van der Waals surface area contributed by atoms with Crippen LogP contribution in [0.4, 0.5) is 10.1 Å². The van der Waals surface area contributed by atoms with Crippen molar-refractivity contribution >= 4 is 21.6 Å². The monoisotopic (exact) mass is 342 g/mol. The molecule has 1 aliphatic carbocycles. The van der Waals surface area contributed by atoms with Crippen LogP contribution in [0, 0.1) is 11.7 Å². The molecule has 1 aromatic carbocycles. The van der Waals surface area contributed by atoms with Gasteiger partial charge in [-0.05, 0) is 65.7 Å². The van der Waals surface area contributed by atoms with E-state index in [-0.39, 0.29) is 11.4 Å². The minimum Gasteiger partial charge on any atom is -0.378 e. The molecule has 0 atom stereocenters. The second-order valence-electron chi connectivity index (χ2n) is 5.97. The lowest BCUT2D eigenvalue weighted by Gasteiger charge is -2.41. The molecule has 1 aliphatic rings. The Balaban J connectivity index is 2.03. The van der Waals surface area contributed by atoms with Crippen molar-refractivity contribution < 1.29 is 4.39 Å². The summed E-state index contributed by atoms with van der Waals surface area (Å²) < 4.78 is 13.8. The smallest absolute Gasteiger partial charge is 0.137 e. The van der Waals surface area contributed by atoms with Crippen molar-refractivity contribution in [2.24, 2.45) is 11.7 Å². The minimum absolute atomic E-state index is 0.0263. The summed E-state index contributed by atoms with van der Waals surface area (Å²) >= 11 is 3.23. The fourth-order valence-electron chi connectivity index (χ4n) is 3.19. The molecule has 2 rings (SSSR count). The normalized spacial score (nSPS) is 26.5. The zero-order valence-corrected chi connectivity index (χ0v) is 13.7. The Morgan fingerprint density at radius 2 is 2.10 bits per heavy atom. The van der Waals surface area contributed by atoms with Gasteiger partial charge in [-0.25, -0.2) is 4.39 Å². The van der Waals surface area contributed by atoms with Crippen LogP contribution in [0.5, 0.6) is 0 Å². The summed E-state index contributed by atoms with van der Waals surface area (Å²) in [6.45, 7) is 2.87. The van der Waals surface area contributed by atoms with Gasteiger partial charge in [0.25, 0.3) is 0 Å². The van der Waals surface area contributed by atoms with Crippen molar-refractivity contribution in [2.45, 2.75) is 51.0 Å². The van der Waals surface area contributed by atoms with Crippen LogP contribution in [-0.4, -0.2) is 12.1 Å². The van der Waals surface area contributed by atoms with Crippen molar-refractivity contribution in [1.82, 2.24) is 0 Å². The highest BCUT2D eigenvalue weighted by atomic mass is 79.9. The van der Waals surface area contributed by atoms with Gasteiger partial charge in [0.2, 0.25) is 0 Å². The molecule has 0 saturated heterocycles. The quantitative estimate of drug-likeness (QED) is 0.814. The minimum atomic E-state index is -0.232. The second kappa shape index (κ2) is 6.90. The Morgan fingerprint density at radius 1 is 1.40 bits per heavy atom. The van der Waals surface area contributed by atoms with Crippen LogP contribution in [0.15, 0.2) is 22.7 Å². The molecule has 0 radical (unpaired) electrons. The van der Waals surface area contributed by atoms with Gasteiger partial charge in [0.1, 0.15) is 5.82 Å². The van der Waals surface area contributed by atoms with Gasteiger partial charge >= 0.3 is 0 Å². The molecule has 0 spiro atoms. The van der Waals surface area contributed by atoms with Crippen LogP contribution in [0.1, 0.15) is 45.4 Å². The molecule has 4 heteroatoms. The SMILES string of the molecule is CCCC1CCC(CN)(Nc2ccc(F)c(Br)c2)CC1. The standard InChI is InChI=1S/C16H24BrFN2/c1-2-3-12-6-8-16(11-19,9-7-12)20-13-4-5-15(18)14(17)10-13/h4-5,10,12,20H,2-3,6-9,11,19H2,1H3. The van der Waals surface area contributed by atoms with E-state index in [4.69, 9.17) is 5.73 Å². The maximum Gasteiger partial charge on any atom is 0.137 e. The zero-order chi connectivity index (χ0) is 14.6. The Kier molecular flexibility index (Phi) is 5.44. The maximum atomic E-state index is 13.3. The van der Waals surface area contributed by atoms with Gasteiger partial charge in [-0.15, -0.1) is 0 Å². The molecule has 0 amide bonds. The zero-order valence-electron chi connectivity index (χ0n) is 12.1. The topological polar surface area (TPSA) is 38.0 Å². The van der Waals surface area contributed by atoms with Crippen molar-refractivity contribution in [2.75, 3.05) is 11.9 Å². The van der Waals surface area contributed by atoms with E-state index < -0.39 is 0 Å². The van der Waals surface area contributed by atoms with E-state index in [0.717, 1.165) is 24.4 Å². The Bertz CT molecular complexity index is 442. The van der Waals surface area contributed by atoms with Crippen LogP contribution >= 0.6 is 15.9 Å². The summed E-state index contributed by atoms with van der Waals surface area (Å²) in [5.74, 6) is 0.616. The first-order valence-electron chi connectivity index (χ1n) is 7.52. The highest BCUT2D eigenvalue weighted by Gasteiger charge is 2.33. The maximum absolute atomic E-state index is 13.3. The largest absolute Gasteiger partial charge is 0.378 e. The molecule has 0 aromatic heterocycles. The Morgan fingerprint density at radius 3 is 2.65 bits per heavy atom. The summed E-state index contributed by atoms with van der Waals surface area (Å²) in [5, 5.41) is 3.55. The third-order valence-electron chi connectivity index (χ3n) is 4.48. The molecular formula is C16H24BrFN2. The van der Waals surface area contributed by atoms with E-state index in [0.29, 0.717) is 11.0 Å². The molecule has 3 N–H and O–H groups in total. The lowest BCUT2D eigenvalue weighted by Crippen LogP contribution is -2.48.